The summed E-state index contributed by atoms with van der Waals surface area (Å²) in [7, 11) is 1.52. The third kappa shape index (κ3) is 4.01. The number of hydrazone groups is 1. The Kier molecular flexibility index (Phi) is 5.58. The first-order chi connectivity index (χ1) is 11.1. The normalized spacial score (nSPS) is 10.8. The topological polar surface area (TPSA) is 74.5 Å². The first-order valence-electron chi connectivity index (χ1n) is 6.43. The van der Waals surface area contributed by atoms with Crippen LogP contribution >= 0.6 is 23.2 Å². The average molecular weight is 348 g/mol. The minimum Gasteiger partial charge on any atom is -0.497 e. The lowest BCUT2D eigenvalue weighted by Gasteiger charge is -2.06. The fourth-order valence-electron chi connectivity index (χ4n) is 1.72. The number of Topliss-reactive ketones (excluding diaryl/α,β-unsaturated/α-hetero) is 1. The van der Waals surface area contributed by atoms with Gasteiger partial charge >= 0.3 is 0 Å². The van der Waals surface area contributed by atoms with Crippen LogP contribution in [0.1, 0.15) is 10.4 Å². The SMILES string of the molecule is COc1ccc(C(=O)C(C#N)=NNc2c(Cl)cccc2Cl)cc1. The number of carbonyl (C=O) groups excluding carboxylic acids is 1. The van der Waals surface area contributed by atoms with Crippen molar-refractivity contribution in [3.8, 4) is 11.8 Å². The summed E-state index contributed by atoms with van der Waals surface area (Å²) < 4.78 is 5.02. The van der Waals surface area contributed by atoms with Crippen LogP contribution in [0.3, 0.4) is 0 Å². The van der Waals surface area contributed by atoms with Crippen LogP contribution in [-0.4, -0.2) is 18.6 Å². The average Bonchev–Trinajstić information content (AvgIpc) is 2.57. The monoisotopic (exact) mass is 347 g/mol. The molecule has 0 aliphatic rings. The number of hydrogen-bond donors (Lipinski definition) is 1. The standard InChI is InChI=1S/C16H11Cl2N3O2/c1-23-11-7-5-10(6-8-11)16(22)14(9-19)20-21-15-12(17)3-2-4-13(15)18/h2-8,21H,1H3. The van der Waals surface area contributed by atoms with Gasteiger partial charge in [0.25, 0.3) is 0 Å². The molecule has 0 amide bonds. The first kappa shape index (κ1) is 16.8. The summed E-state index contributed by atoms with van der Waals surface area (Å²) in [6.45, 7) is 0. The Morgan fingerprint density at radius 1 is 1.17 bits per heavy atom. The van der Waals surface area contributed by atoms with Crippen LogP contribution in [0.5, 0.6) is 5.75 Å². The number of nitriles is 1. The van der Waals surface area contributed by atoms with E-state index in [0.29, 0.717) is 27.0 Å². The van der Waals surface area contributed by atoms with E-state index < -0.39 is 5.78 Å². The highest BCUT2D eigenvalue weighted by Crippen LogP contribution is 2.29. The minimum atomic E-state index is -0.522. The number of anilines is 1. The van der Waals surface area contributed by atoms with Crippen molar-refractivity contribution in [2.75, 3.05) is 12.5 Å². The van der Waals surface area contributed by atoms with E-state index in [4.69, 9.17) is 33.2 Å². The molecule has 7 heteroatoms. The predicted octanol–water partition coefficient (Wildman–Crippen LogP) is 4.18. The van der Waals surface area contributed by atoms with Crippen LogP contribution < -0.4 is 10.2 Å². The molecule has 116 valence electrons. The summed E-state index contributed by atoms with van der Waals surface area (Å²) in [5, 5.41) is 13.6. The van der Waals surface area contributed by atoms with Crippen LogP contribution in [0.25, 0.3) is 0 Å². The summed E-state index contributed by atoms with van der Waals surface area (Å²) in [5.74, 6) is 0.0869. The van der Waals surface area contributed by atoms with Crippen molar-refractivity contribution < 1.29 is 9.53 Å². The molecule has 23 heavy (non-hydrogen) atoms. The number of carbonyl (C=O) groups is 1. The first-order valence-corrected chi connectivity index (χ1v) is 7.19. The van der Waals surface area contributed by atoms with E-state index in [0.717, 1.165) is 0 Å². The van der Waals surface area contributed by atoms with Gasteiger partial charge in [-0.3, -0.25) is 10.2 Å². The number of benzene rings is 2. The van der Waals surface area contributed by atoms with Crippen molar-refractivity contribution in [3.05, 3.63) is 58.1 Å². The van der Waals surface area contributed by atoms with E-state index in [1.807, 2.05) is 0 Å². The van der Waals surface area contributed by atoms with Gasteiger partial charge in [0.1, 0.15) is 11.8 Å². The molecule has 0 radical (unpaired) electrons. The molecule has 2 aromatic carbocycles. The predicted molar refractivity (Wildman–Crippen MR) is 90.5 cm³/mol. The molecule has 5 nitrogen and oxygen atoms in total. The number of para-hydroxylation sites is 1. The van der Waals surface area contributed by atoms with Gasteiger partial charge in [0.15, 0.2) is 0 Å². The number of rotatable bonds is 5. The molecule has 0 heterocycles. The summed E-state index contributed by atoms with van der Waals surface area (Å²) in [5.41, 5.74) is 2.89. The Hall–Kier alpha value is -2.55. The van der Waals surface area contributed by atoms with Crippen LogP contribution in [0.15, 0.2) is 47.6 Å². The van der Waals surface area contributed by atoms with Crippen molar-refractivity contribution in [3.63, 3.8) is 0 Å². The van der Waals surface area contributed by atoms with Gasteiger partial charge in [-0.15, -0.1) is 0 Å². The molecule has 1 N–H and O–H groups in total. The Labute approximate surface area is 143 Å². The summed E-state index contributed by atoms with van der Waals surface area (Å²) in [6, 6.07) is 13.0. The van der Waals surface area contributed by atoms with Gasteiger partial charge in [0.05, 0.1) is 22.8 Å². The second kappa shape index (κ2) is 7.63. The summed E-state index contributed by atoms with van der Waals surface area (Å²) in [4.78, 5) is 12.3. The molecule has 0 aromatic heterocycles. The molecule has 0 unspecified atom stereocenters. The second-order valence-corrected chi connectivity index (χ2v) is 5.15. The summed E-state index contributed by atoms with van der Waals surface area (Å²) >= 11 is 12.0. The zero-order chi connectivity index (χ0) is 16.8. The van der Waals surface area contributed by atoms with Gasteiger partial charge in [-0.05, 0) is 36.4 Å². The van der Waals surface area contributed by atoms with Gasteiger partial charge in [0, 0.05) is 5.56 Å². The van der Waals surface area contributed by atoms with Gasteiger partial charge in [-0.1, -0.05) is 29.3 Å². The van der Waals surface area contributed by atoms with Gasteiger partial charge in [-0.2, -0.15) is 10.4 Å². The quantitative estimate of drug-likeness (QED) is 0.500. The van der Waals surface area contributed by atoms with Crippen LogP contribution in [0, 0.1) is 11.3 Å². The molecule has 0 atom stereocenters. The van der Waals surface area contributed by atoms with Crippen molar-refractivity contribution in [2.24, 2.45) is 5.10 Å². The molecule has 0 fully saturated rings. The zero-order valence-corrected chi connectivity index (χ0v) is 13.5. The van der Waals surface area contributed by atoms with E-state index in [2.05, 4.69) is 10.5 Å². The molecule has 0 aliphatic carbocycles. The Morgan fingerprint density at radius 3 is 2.30 bits per heavy atom. The maximum Gasteiger partial charge on any atom is 0.223 e. The number of ketones is 1. The number of methoxy groups -OCH3 is 1. The molecular formula is C16H11Cl2N3O2. The number of nitrogens with one attached hydrogen (secondary N) is 1. The molecular weight excluding hydrogens is 337 g/mol. The van der Waals surface area contributed by atoms with E-state index in [1.165, 1.54) is 7.11 Å². The van der Waals surface area contributed by atoms with E-state index in [9.17, 15) is 4.79 Å². The van der Waals surface area contributed by atoms with Crippen molar-refractivity contribution in [1.29, 1.82) is 5.26 Å². The van der Waals surface area contributed by atoms with Gasteiger partial charge in [-0.25, -0.2) is 0 Å². The van der Waals surface area contributed by atoms with Crippen molar-refractivity contribution in [1.82, 2.24) is 0 Å². The molecule has 0 saturated carbocycles. The fraction of sp³-hybridized carbons (Fsp3) is 0.0625. The lowest BCUT2D eigenvalue weighted by Crippen LogP contribution is -2.14. The Bertz CT molecular complexity index is 776. The smallest absolute Gasteiger partial charge is 0.223 e. The molecule has 0 saturated heterocycles. The second-order valence-electron chi connectivity index (χ2n) is 4.34. The fourth-order valence-corrected chi connectivity index (χ4v) is 2.20. The highest BCUT2D eigenvalue weighted by Gasteiger charge is 2.15. The lowest BCUT2D eigenvalue weighted by atomic mass is 10.1. The van der Waals surface area contributed by atoms with E-state index in [1.54, 1.807) is 48.5 Å². The van der Waals surface area contributed by atoms with Gasteiger partial charge < -0.3 is 4.74 Å². The van der Waals surface area contributed by atoms with E-state index in [-0.39, 0.29) is 5.71 Å². The molecule has 2 rings (SSSR count). The number of halogens is 2. The van der Waals surface area contributed by atoms with Crippen molar-refractivity contribution in [2.45, 2.75) is 0 Å². The highest BCUT2D eigenvalue weighted by molar-refractivity contribution is 6.51. The van der Waals surface area contributed by atoms with Gasteiger partial charge in [0.2, 0.25) is 11.5 Å². The minimum absolute atomic E-state index is 0.314. The number of nitrogens with zero attached hydrogens (tertiary/aromatic N) is 2. The third-order valence-electron chi connectivity index (χ3n) is 2.92. The Morgan fingerprint density at radius 2 is 1.78 bits per heavy atom. The number of ether oxygens (including phenoxy) is 1. The number of hydrogen-bond acceptors (Lipinski definition) is 5. The maximum atomic E-state index is 12.3. The zero-order valence-electron chi connectivity index (χ0n) is 12.0. The van der Waals surface area contributed by atoms with Crippen LogP contribution in [0.2, 0.25) is 10.0 Å². The van der Waals surface area contributed by atoms with Crippen LogP contribution in [-0.2, 0) is 0 Å². The lowest BCUT2D eigenvalue weighted by molar-refractivity contribution is 0.106. The Balaban J connectivity index is 2.24. The highest BCUT2D eigenvalue weighted by atomic mass is 35.5. The summed E-state index contributed by atoms with van der Waals surface area (Å²) in [6.07, 6.45) is 0. The van der Waals surface area contributed by atoms with Crippen molar-refractivity contribution >= 4 is 40.4 Å². The molecule has 2 aromatic rings. The van der Waals surface area contributed by atoms with E-state index >= 15 is 0 Å². The third-order valence-corrected chi connectivity index (χ3v) is 3.55. The molecule has 0 spiro atoms. The molecule has 0 bridgehead atoms. The maximum absolute atomic E-state index is 12.3. The molecule has 0 aliphatic heterocycles. The largest absolute Gasteiger partial charge is 0.497 e. The van der Waals surface area contributed by atoms with Crippen LogP contribution in [0.4, 0.5) is 5.69 Å².